The summed E-state index contributed by atoms with van der Waals surface area (Å²) in [6.45, 7) is 0. The van der Waals surface area contributed by atoms with Gasteiger partial charge in [-0.05, 0) is 6.07 Å². The number of aromatic nitrogens is 1. The van der Waals surface area contributed by atoms with E-state index in [-0.39, 0.29) is 16.4 Å². The quantitative estimate of drug-likeness (QED) is 0.755. The molecule has 0 spiro atoms. The van der Waals surface area contributed by atoms with Crippen LogP contribution in [0.5, 0.6) is 0 Å². The summed E-state index contributed by atoms with van der Waals surface area (Å²) in [6, 6.07) is 1.26. The first-order valence-electron chi connectivity index (χ1n) is 3.65. The molecule has 0 aromatic carbocycles. The van der Waals surface area contributed by atoms with Crippen molar-refractivity contribution in [1.29, 1.82) is 0 Å². The minimum atomic E-state index is -1.19. The zero-order valence-corrected chi connectivity index (χ0v) is 8.33. The van der Waals surface area contributed by atoms with Crippen LogP contribution in [-0.2, 0) is 11.8 Å². The van der Waals surface area contributed by atoms with Gasteiger partial charge in [0.15, 0.2) is 0 Å². The van der Waals surface area contributed by atoms with Gasteiger partial charge in [-0.2, -0.15) is 0 Å². The first-order chi connectivity index (χ1) is 6.49. The second kappa shape index (κ2) is 3.71. The van der Waals surface area contributed by atoms with Crippen molar-refractivity contribution >= 4 is 23.5 Å². The molecule has 1 rings (SSSR count). The fraction of sp³-hybridized carbons (Fsp3) is 0.250. The van der Waals surface area contributed by atoms with Gasteiger partial charge >= 0.3 is 11.9 Å². The van der Waals surface area contributed by atoms with Crippen LogP contribution in [0.3, 0.4) is 0 Å². The van der Waals surface area contributed by atoms with Crippen molar-refractivity contribution in [3.63, 3.8) is 0 Å². The van der Waals surface area contributed by atoms with Crippen molar-refractivity contribution in [1.82, 2.24) is 4.57 Å². The summed E-state index contributed by atoms with van der Waals surface area (Å²) in [6.07, 6.45) is 0. The maximum atomic E-state index is 11.1. The predicted octanol–water partition coefficient (Wildman–Crippen LogP) is 1.16. The molecular weight excluding hydrogens is 210 g/mol. The number of carbonyl (C=O) groups excluding carboxylic acids is 1. The standard InChI is InChI=1S/C8H8ClNO4/c1-10-5(8(13)14-2)3-4(9)6(10)7(11)12/h3H,1-2H3,(H,11,12). The molecule has 5 nitrogen and oxygen atoms in total. The molecule has 0 atom stereocenters. The third-order valence-corrected chi connectivity index (χ3v) is 2.07. The van der Waals surface area contributed by atoms with Crippen LogP contribution in [0.25, 0.3) is 0 Å². The van der Waals surface area contributed by atoms with E-state index in [2.05, 4.69) is 4.74 Å². The zero-order valence-electron chi connectivity index (χ0n) is 7.57. The average molecular weight is 218 g/mol. The molecule has 0 bridgehead atoms. The van der Waals surface area contributed by atoms with Crippen molar-refractivity contribution in [3.8, 4) is 0 Å². The number of carbonyl (C=O) groups is 2. The maximum Gasteiger partial charge on any atom is 0.354 e. The van der Waals surface area contributed by atoms with Crippen LogP contribution in [0.15, 0.2) is 6.07 Å². The molecule has 0 saturated heterocycles. The summed E-state index contributed by atoms with van der Waals surface area (Å²) < 4.78 is 5.63. The van der Waals surface area contributed by atoms with E-state index in [0.29, 0.717) is 0 Å². The van der Waals surface area contributed by atoms with E-state index in [1.54, 1.807) is 0 Å². The van der Waals surface area contributed by atoms with Gasteiger partial charge in [0.2, 0.25) is 0 Å². The largest absolute Gasteiger partial charge is 0.477 e. The van der Waals surface area contributed by atoms with Gasteiger partial charge in [-0.25, -0.2) is 9.59 Å². The summed E-state index contributed by atoms with van der Waals surface area (Å²) in [5.41, 5.74) is -0.0260. The molecule has 0 aliphatic rings. The number of halogens is 1. The Labute approximate surface area is 84.8 Å². The predicted molar refractivity (Wildman–Crippen MR) is 48.7 cm³/mol. The van der Waals surface area contributed by atoms with Crippen molar-refractivity contribution in [3.05, 3.63) is 22.5 Å². The Balaban J connectivity index is 3.30. The third-order valence-electron chi connectivity index (χ3n) is 1.78. The number of ether oxygens (including phenoxy) is 1. The molecule has 76 valence electrons. The minimum Gasteiger partial charge on any atom is -0.477 e. The van der Waals surface area contributed by atoms with Crippen LogP contribution in [0.1, 0.15) is 21.0 Å². The van der Waals surface area contributed by atoms with Gasteiger partial charge in [0.05, 0.1) is 12.1 Å². The zero-order chi connectivity index (χ0) is 10.9. The van der Waals surface area contributed by atoms with Crippen LogP contribution >= 0.6 is 11.6 Å². The normalized spacial score (nSPS) is 9.93. The highest BCUT2D eigenvalue weighted by atomic mass is 35.5. The van der Waals surface area contributed by atoms with Gasteiger partial charge < -0.3 is 14.4 Å². The Hall–Kier alpha value is -1.49. The molecular formula is C8H8ClNO4. The number of methoxy groups -OCH3 is 1. The summed E-state index contributed by atoms with van der Waals surface area (Å²) in [5, 5.41) is 8.77. The SMILES string of the molecule is COC(=O)c1cc(Cl)c(C(=O)O)n1C. The highest BCUT2D eigenvalue weighted by Crippen LogP contribution is 2.20. The van der Waals surface area contributed by atoms with Crippen LogP contribution in [-0.4, -0.2) is 28.7 Å². The highest BCUT2D eigenvalue weighted by molar-refractivity contribution is 6.33. The molecule has 0 fully saturated rings. The molecule has 1 aromatic heterocycles. The van der Waals surface area contributed by atoms with Crippen LogP contribution in [0.4, 0.5) is 0 Å². The molecule has 14 heavy (non-hydrogen) atoms. The van der Waals surface area contributed by atoms with Gasteiger partial charge in [-0.15, -0.1) is 0 Å². The van der Waals surface area contributed by atoms with E-state index in [0.717, 1.165) is 0 Å². The smallest absolute Gasteiger partial charge is 0.354 e. The topological polar surface area (TPSA) is 68.5 Å². The monoisotopic (exact) mass is 217 g/mol. The summed E-state index contributed by atoms with van der Waals surface area (Å²) in [5.74, 6) is -1.81. The number of hydrogen-bond donors (Lipinski definition) is 1. The van der Waals surface area contributed by atoms with E-state index in [1.807, 2.05) is 0 Å². The number of esters is 1. The number of aromatic carboxylic acids is 1. The molecule has 1 heterocycles. The molecule has 6 heteroatoms. The van der Waals surface area contributed by atoms with E-state index in [4.69, 9.17) is 16.7 Å². The van der Waals surface area contributed by atoms with E-state index in [9.17, 15) is 9.59 Å². The first kappa shape index (κ1) is 10.6. The number of rotatable bonds is 2. The van der Waals surface area contributed by atoms with E-state index < -0.39 is 11.9 Å². The fourth-order valence-corrected chi connectivity index (χ4v) is 1.42. The van der Waals surface area contributed by atoms with Gasteiger partial charge in [0, 0.05) is 7.05 Å². The Bertz CT molecular complexity index is 396. The van der Waals surface area contributed by atoms with Crippen molar-refractivity contribution in [2.45, 2.75) is 0 Å². The molecule has 1 N–H and O–H groups in total. The Morgan fingerprint density at radius 3 is 2.50 bits per heavy atom. The Kier molecular flexibility index (Phi) is 2.81. The van der Waals surface area contributed by atoms with E-state index in [1.165, 1.54) is 24.8 Å². The summed E-state index contributed by atoms with van der Waals surface area (Å²) >= 11 is 5.64. The molecule has 0 amide bonds. The van der Waals surface area contributed by atoms with Gasteiger partial charge in [-0.3, -0.25) is 0 Å². The molecule has 0 saturated carbocycles. The molecule has 0 radical (unpaired) electrons. The lowest BCUT2D eigenvalue weighted by Crippen LogP contribution is -2.12. The van der Waals surface area contributed by atoms with Crippen LogP contribution in [0, 0.1) is 0 Å². The number of hydrogen-bond acceptors (Lipinski definition) is 3. The first-order valence-corrected chi connectivity index (χ1v) is 4.03. The number of carboxylic acids is 1. The number of nitrogens with zero attached hydrogens (tertiary/aromatic N) is 1. The highest BCUT2D eigenvalue weighted by Gasteiger charge is 2.21. The average Bonchev–Trinajstić information content (AvgIpc) is 2.40. The second-order valence-corrected chi connectivity index (χ2v) is 2.99. The molecule has 0 aliphatic heterocycles. The molecule has 0 unspecified atom stereocenters. The van der Waals surface area contributed by atoms with E-state index >= 15 is 0 Å². The lowest BCUT2D eigenvalue weighted by atomic mass is 10.4. The lowest BCUT2D eigenvalue weighted by molar-refractivity contribution is 0.0589. The maximum absolute atomic E-state index is 11.1. The van der Waals surface area contributed by atoms with Gasteiger partial charge in [-0.1, -0.05) is 11.6 Å². The van der Waals surface area contributed by atoms with Gasteiger partial charge in [0.1, 0.15) is 11.4 Å². The third kappa shape index (κ3) is 1.58. The summed E-state index contributed by atoms with van der Waals surface area (Å²) in [7, 11) is 2.64. The molecule has 1 aromatic rings. The van der Waals surface area contributed by atoms with Crippen molar-refractivity contribution < 1.29 is 19.4 Å². The van der Waals surface area contributed by atoms with Crippen molar-refractivity contribution in [2.24, 2.45) is 7.05 Å². The second-order valence-electron chi connectivity index (χ2n) is 2.58. The van der Waals surface area contributed by atoms with Crippen molar-refractivity contribution in [2.75, 3.05) is 7.11 Å². The van der Waals surface area contributed by atoms with Gasteiger partial charge in [0.25, 0.3) is 0 Å². The molecule has 0 aliphatic carbocycles. The number of carboxylic acid groups (broad SMARTS) is 1. The Morgan fingerprint density at radius 1 is 1.57 bits per heavy atom. The lowest BCUT2D eigenvalue weighted by Gasteiger charge is -2.02. The van der Waals surface area contributed by atoms with Crippen LogP contribution in [0.2, 0.25) is 5.02 Å². The fourth-order valence-electron chi connectivity index (χ4n) is 1.11. The van der Waals surface area contributed by atoms with Crippen LogP contribution < -0.4 is 0 Å². The Morgan fingerprint density at radius 2 is 2.14 bits per heavy atom. The minimum absolute atomic E-state index is 0.0143. The summed E-state index contributed by atoms with van der Waals surface area (Å²) in [4.78, 5) is 21.8.